The van der Waals surface area contributed by atoms with Crippen molar-refractivity contribution in [1.29, 1.82) is 0 Å². The zero-order valence-electron chi connectivity index (χ0n) is 12.4. The number of rotatable bonds is 3. The molecule has 0 aromatic heterocycles. The molecule has 0 spiro atoms. The highest BCUT2D eigenvalue weighted by atomic mass is 16.6. The molecule has 2 N–H and O–H groups in total. The molecule has 1 rings (SSSR count). The summed E-state index contributed by atoms with van der Waals surface area (Å²) in [5.41, 5.74) is 5.24. The van der Waals surface area contributed by atoms with Crippen LogP contribution in [0.25, 0.3) is 0 Å². The average Bonchev–Trinajstić information content (AvgIpc) is 2.59. The summed E-state index contributed by atoms with van der Waals surface area (Å²) in [6, 6.07) is 0. The van der Waals surface area contributed by atoms with Gasteiger partial charge in [-0.2, -0.15) is 0 Å². The zero-order chi connectivity index (χ0) is 13.9. The van der Waals surface area contributed by atoms with Gasteiger partial charge in [0.05, 0.1) is 0 Å². The van der Waals surface area contributed by atoms with Crippen molar-refractivity contribution in [2.75, 3.05) is 19.6 Å². The van der Waals surface area contributed by atoms with Crippen LogP contribution in [0.4, 0.5) is 4.79 Å². The van der Waals surface area contributed by atoms with Crippen LogP contribution in [-0.2, 0) is 4.74 Å². The van der Waals surface area contributed by atoms with E-state index in [4.69, 9.17) is 10.5 Å². The molecule has 2 unspecified atom stereocenters. The van der Waals surface area contributed by atoms with Crippen LogP contribution in [0.1, 0.15) is 41.0 Å². The SMILES string of the molecule is CC(C)C1CN(C(=O)OC(C)(C)C)CC1CCN. The van der Waals surface area contributed by atoms with E-state index in [1.807, 2.05) is 25.7 Å². The lowest BCUT2D eigenvalue weighted by atomic mass is 9.84. The number of carbonyl (C=O) groups is 1. The van der Waals surface area contributed by atoms with Gasteiger partial charge < -0.3 is 15.4 Å². The molecule has 1 saturated heterocycles. The second-order valence-corrected chi connectivity index (χ2v) is 6.63. The smallest absolute Gasteiger partial charge is 0.410 e. The predicted molar refractivity (Wildman–Crippen MR) is 73.3 cm³/mol. The zero-order valence-corrected chi connectivity index (χ0v) is 12.4. The first-order valence-corrected chi connectivity index (χ1v) is 6.92. The van der Waals surface area contributed by atoms with Gasteiger partial charge in [-0.05, 0) is 51.5 Å². The van der Waals surface area contributed by atoms with Gasteiger partial charge in [0.1, 0.15) is 5.60 Å². The summed E-state index contributed by atoms with van der Waals surface area (Å²) in [6.07, 6.45) is 0.801. The number of amides is 1. The third kappa shape index (κ3) is 4.16. The van der Waals surface area contributed by atoms with Gasteiger partial charge in [0, 0.05) is 13.1 Å². The molecule has 1 aliphatic heterocycles. The van der Waals surface area contributed by atoms with E-state index >= 15 is 0 Å². The van der Waals surface area contributed by atoms with Crippen LogP contribution >= 0.6 is 0 Å². The molecule has 1 aliphatic rings. The molecule has 1 heterocycles. The van der Waals surface area contributed by atoms with Gasteiger partial charge in [0.25, 0.3) is 0 Å². The Hall–Kier alpha value is -0.770. The monoisotopic (exact) mass is 256 g/mol. The third-order valence-corrected chi connectivity index (χ3v) is 3.54. The second-order valence-electron chi connectivity index (χ2n) is 6.63. The quantitative estimate of drug-likeness (QED) is 0.844. The summed E-state index contributed by atoms with van der Waals surface area (Å²) in [7, 11) is 0. The molecule has 4 heteroatoms. The Morgan fingerprint density at radius 3 is 2.44 bits per heavy atom. The number of nitrogens with zero attached hydrogens (tertiary/aromatic N) is 1. The van der Waals surface area contributed by atoms with E-state index in [2.05, 4.69) is 13.8 Å². The van der Waals surface area contributed by atoms with Crippen molar-refractivity contribution in [3.05, 3.63) is 0 Å². The van der Waals surface area contributed by atoms with E-state index in [-0.39, 0.29) is 6.09 Å². The lowest BCUT2D eigenvalue weighted by Gasteiger charge is -2.24. The van der Waals surface area contributed by atoms with Crippen LogP contribution in [0.3, 0.4) is 0 Å². The highest BCUT2D eigenvalue weighted by molar-refractivity contribution is 5.68. The summed E-state index contributed by atoms with van der Waals surface area (Å²) in [5.74, 6) is 1.64. The number of ether oxygens (including phenoxy) is 1. The first kappa shape index (κ1) is 15.3. The molecule has 0 aromatic rings. The second kappa shape index (κ2) is 5.91. The molecular weight excluding hydrogens is 228 g/mol. The molecule has 0 aromatic carbocycles. The van der Waals surface area contributed by atoms with Gasteiger partial charge in [-0.1, -0.05) is 13.8 Å². The first-order chi connectivity index (χ1) is 8.24. The maximum atomic E-state index is 12.1. The van der Waals surface area contributed by atoms with Crippen LogP contribution in [0.2, 0.25) is 0 Å². The molecule has 0 saturated carbocycles. The molecular formula is C14H28N2O2. The van der Waals surface area contributed by atoms with E-state index in [1.54, 1.807) is 0 Å². The van der Waals surface area contributed by atoms with Gasteiger partial charge in [-0.3, -0.25) is 0 Å². The fourth-order valence-electron chi connectivity index (χ4n) is 2.65. The molecule has 106 valence electrons. The Kier molecular flexibility index (Phi) is 5.02. The van der Waals surface area contributed by atoms with Gasteiger partial charge in [0.2, 0.25) is 0 Å². The van der Waals surface area contributed by atoms with Crippen LogP contribution < -0.4 is 5.73 Å². The Bertz CT molecular complexity index is 284. The minimum absolute atomic E-state index is 0.187. The summed E-state index contributed by atoms with van der Waals surface area (Å²) >= 11 is 0. The third-order valence-electron chi connectivity index (χ3n) is 3.54. The van der Waals surface area contributed by atoms with Crippen molar-refractivity contribution < 1.29 is 9.53 Å². The van der Waals surface area contributed by atoms with E-state index in [1.165, 1.54) is 0 Å². The minimum Gasteiger partial charge on any atom is -0.444 e. The molecule has 2 atom stereocenters. The average molecular weight is 256 g/mol. The van der Waals surface area contributed by atoms with Gasteiger partial charge in [-0.15, -0.1) is 0 Å². The van der Waals surface area contributed by atoms with Crippen LogP contribution in [0.5, 0.6) is 0 Å². The summed E-state index contributed by atoms with van der Waals surface area (Å²) < 4.78 is 5.43. The molecule has 0 bridgehead atoms. The van der Waals surface area contributed by atoms with Crippen molar-refractivity contribution >= 4 is 6.09 Å². The van der Waals surface area contributed by atoms with Crippen molar-refractivity contribution in [3.63, 3.8) is 0 Å². The largest absolute Gasteiger partial charge is 0.444 e. The minimum atomic E-state index is -0.420. The Morgan fingerprint density at radius 1 is 1.39 bits per heavy atom. The molecule has 4 nitrogen and oxygen atoms in total. The van der Waals surface area contributed by atoms with Gasteiger partial charge in [-0.25, -0.2) is 4.79 Å². The van der Waals surface area contributed by atoms with Crippen molar-refractivity contribution in [1.82, 2.24) is 4.90 Å². The van der Waals surface area contributed by atoms with Crippen LogP contribution in [0, 0.1) is 17.8 Å². The van der Waals surface area contributed by atoms with E-state index in [9.17, 15) is 4.79 Å². The van der Waals surface area contributed by atoms with Gasteiger partial charge in [0.15, 0.2) is 0 Å². The first-order valence-electron chi connectivity index (χ1n) is 6.92. The number of carbonyl (C=O) groups excluding carboxylic acids is 1. The number of hydrogen-bond acceptors (Lipinski definition) is 3. The Morgan fingerprint density at radius 2 is 2.00 bits per heavy atom. The van der Waals surface area contributed by atoms with E-state index in [0.29, 0.717) is 24.3 Å². The summed E-state index contributed by atoms with van der Waals surface area (Å²) in [4.78, 5) is 13.9. The van der Waals surface area contributed by atoms with E-state index < -0.39 is 5.60 Å². The Labute approximate surface area is 111 Å². The lowest BCUT2D eigenvalue weighted by molar-refractivity contribution is 0.0281. The van der Waals surface area contributed by atoms with Gasteiger partial charge >= 0.3 is 6.09 Å². The molecule has 0 aliphatic carbocycles. The summed E-state index contributed by atoms with van der Waals surface area (Å²) in [5, 5.41) is 0. The fourth-order valence-corrected chi connectivity index (χ4v) is 2.65. The maximum Gasteiger partial charge on any atom is 0.410 e. The topological polar surface area (TPSA) is 55.6 Å². The van der Waals surface area contributed by atoms with Crippen LogP contribution in [-0.4, -0.2) is 36.2 Å². The number of nitrogens with two attached hydrogens (primary N) is 1. The molecule has 18 heavy (non-hydrogen) atoms. The van der Waals surface area contributed by atoms with Crippen LogP contribution in [0.15, 0.2) is 0 Å². The Balaban J connectivity index is 2.62. The fraction of sp³-hybridized carbons (Fsp3) is 0.929. The number of likely N-dealkylation sites (tertiary alicyclic amines) is 1. The van der Waals surface area contributed by atoms with Crippen molar-refractivity contribution in [3.8, 4) is 0 Å². The maximum absolute atomic E-state index is 12.1. The number of hydrogen-bond donors (Lipinski definition) is 1. The molecule has 1 fully saturated rings. The van der Waals surface area contributed by atoms with Crippen molar-refractivity contribution in [2.45, 2.75) is 46.6 Å². The van der Waals surface area contributed by atoms with E-state index in [0.717, 1.165) is 19.5 Å². The van der Waals surface area contributed by atoms with Crippen molar-refractivity contribution in [2.24, 2.45) is 23.5 Å². The normalized spacial score (nSPS) is 24.7. The highest BCUT2D eigenvalue weighted by Crippen LogP contribution is 2.32. The summed E-state index contributed by atoms with van der Waals surface area (Å²) in [6.45, 7) is 12.4. The molecule has 1 amide bonds. The lowest BCUT2D eigenvalue weighted by Crippen LogP contribution is -2.35. The predicted octanol–water partition coefficient (Wildman–Crippen LogP) is 2.47. The highest BCUT2D eigenvalue weighted by Gasteiger charge is 2.37. The standard InChI is InChI=1S/C14H28N2O2/c1-10(2)12-9-16(8-11(12)6-7-15)13(17)18-14(3,4)5/h10-12H,6-9,15H2,1-5H3. The molecule has 0 radical (unpaired) electrons.